The maximum atomic E-state index is 12.6. The number of nitrogens with one attached hydrogen (secondary N) is 1. The van der Waals surface area contributed by atoms with Crippen LogP contribution in [-0.2, 0) is 25.7 Å². The summed E-state index contributed by atoms with van der Waals surface area (Å²) in [5.74, 6) is -0.640. The maximum Gasteiger partial charge on any atom is 0.408 e. The van der Waals surface area contributed by atoms with Gasteiger partial charge in [-0.3, -0.25) is 4.79 Å². The SMILES string of the molecule is CC(C)(C)OC(=O)NC(CC1CCCCC1=O)C(=O)OCc1ccccc1. The molecule has 1 amide bonds. The fourth-order valence-electron chi connectivity index (χ4n) is 3.08. The molecule has 0 radical (unpaired) electrons. The van der Waals surface area contributed by atoms with Gasteiger partial charge < -0.3 is 14.8 Å². The number of hydrogen-bond acceptors (Lipinski definition) is 5. The lowest BCUT2D eigenvalue weighted by Gasteiger charge is -2.26. The Bertz CT molecular complexity index is 650. The van der Waals surface area contributed by atoms with Gasteiger partial charge in [-0.15, -0.1) is 0 Å². The van der Waals surface area contributed by atoms with Gasteiger partial charge in [0, 0.05) is 12.3 Å². The van der Waals surface area contributed by atoms with Crippen molar-refractivity contribution in [1.29, 1.82) is 0 Å². The summed E-state index contributed by atoms with van der Waals surface area (Å²) < 4.78 is 10.6. The van der Waals surface area contributed by atoms with Crippen LogP contribution in [0.1, 0.15) is 58.4 Å². The summed E-state index contributed by atoms with van der Waals surface area (Å²) in [7, 11) is 0. The van der Waals surface area contributed by atoms with Gasteiger partial charge in [-0.25, -0.2) is 9.59 Å². The van der Waals surface area contributed by atoms with Crippen molar-refractivity contribution in [2.75, 3.05) is 0 Å². The van der Waals surface area contributed by atoms with Crippen molar-refractivity contribution in [1.82, 2.24) is 5.32 Å². The molecule has 0 bridgehead atoms. The van der Waals surface area contributed by atoms with Crippen molar-refractivity contribution < 1.29 is 23.9 Å². The van der Waals surface area contributed by atoms with E-state index in [4.69, 9.17) is 9.47 Å². The number of ketones is 1. The van der Waals surface area contributed by atoms with E-state index < -0.39 is 23.7 Å². The molecule has 1 aliphatic rings. The second-order valence-corrected chi connectivity index (χ2v) is 7.94. The van der Waals surface area contributed by atoms with Gasteiger partial charge in [0.1, 0.15) is 24.0 Å². The topological polar surface area (TPSA) is 81.7 Å². The van der Waals surface area contributed by atoms with Crippen molar-refractivity contribution in [2.45, 2.75) is 71.1 Å². The number of rotatable bonds is 6. The third-order valence-corrected chi connectivity index (χ3v) is 4.40. The van der Waals surface area contributed by atoms with Crippen LogP contribution >= 0.6 is 0 Å². The zero-order valence-electron chi connectivity index (χ0n) is 16.3. The molecule has 0 aliphatic heterocycles. The van der Waals surface area contributed by atoms with E-state index in [2.05, 4.69) is 5.32 Å². The quantitative estimate of drug-likeness (QED) is 0.766. The molecule has 27 heavy (non-hydrogen) atoms. The maximum absolute atomic E-state index is 12.6. The minimum absolute atomic E-state index is 0.116. The molecule has 1 aromatic carbocycles. The number of hydrogen-bond donors (Lipinski definition) is 1. The molecule has 1 fully saturated rings. The fraction of sp³-hybridized carbons (Fsp3) is 0.571. The number of esters is 1. The molecule has 0 heterocycles. The second-order valence-electron chi connectivity index (χ2n) is 7.94. The number of alkyl carbamates (subject to hydrolysis) is 1. The highest BCUT2D eigenvalue weighted by Gasteiger charge is 2.32. The van der Waals surface area contributed by atoms with Crippen molar-refractivity contribution in [3.05, 3.63) is 35.9 Å². The lowest BCUT2D eigenvalue weighted by molar-refractivity contribution is -0.148. The minimum atomic E-state index is -0.907. The third-order valence-electron chi connectivity index (χ3n) is 4.40. The van der Waals surface area contributed by atoms with E-state index in [1.54, 1.807) is 20.8 Å². The van der Waals surface area contributed by atoms with Crippen LogP contribution in [0.2, 0.25) is 0 Å². The Balaban J connectivity index is 2.01. The highest BCUT2D eigenvalue weighted by molar-refractivity contribution is 5.85. The first kappa shape index (κ1) is 20.9. The molecule has 2 rings (SSSR count). The number of amides is 1. The summed E-state index contributed by atoms with van der Waals surface area (Å²) in [6, 6.07) is 8.41. The highest BCUT2D eigenvalue weighted by Crippen LogP contribution is 2.25. The molecular formula is C21H29NO5. The summed E-state index contributed by atoms with van der Waals surface area (Å²) in [5, 5.41) is 2.59. The molecule has 0 saturated heterocycles. The molecule has 0 aromatic heterocycles. The molecule has 6 nitrogen and oxygen atoms in total. The van der Waals surface area contributed by atoms with Crippen molar-refractivity contribution >= 4 is 17.8 Å². The van der Waals surface area contributed by atoms with Crippen LogP contribution in [0.3, 0.4) is 0 Å². The van der Waals surface area contributed by atoms with Crippen LogP contribution in [0.5, 0.6) is 0 Å². The van der Waals surface area contributed by atoms with Crippen molar-refractivity contribution in [3.63, 3.8) is 0 Å². The monoisotopic (exact) mass is 375 g/mol. The first-order chi connectivity index (χ1) is 12.7. The Morgan fingerprint density at radius 2 is 1.89 bits per heavy atom. The van der Waals surface area contributed by atoms with E-state index in [0.29, 0.717) is 6.42 Å². The largest absolute Gasteiger partial charge is 0.459 e. The molecule has 1 saturated carbocycles. The molecule has 1 aliphatic carbocycles. The molecule has 2 unspecified atom stereocenters. The first-order valence-electron chi connectivity index (χ1n) is 9.47. The average molecular weight is 375 g/mol. The number of benzene rings is 1. The van der Waals surface area contributed by atoms with E-state index in [-0.39, 0.29) is 24.7 Å². The summed E-state index contributed by atoms with van der Waals surface area (Å²) in [6.45, 7) is 5.37. The summed E-state index contributed by atoms with van der Waals surface area (Å²) >= 11 is 0. The van der Waals surface area contributed by atoms with Crippen molar-refractivity contribution in [3.8, 4) is 0 Å². The number of carbonyl (C=O) groups excluding carboxylic acids is 3. The van der Waals surface area contributed by atoms with E-state index in [0.717, 1.165) is 24.8 Å². The van der Waals surface area contributed by atoms with Crippen LogP contribution in [0.4, 0.5) is 4.79 Å². The van der Waals surface area contributed by atoms with Gasteiger partial charge in [0.25, 0.3) is 0 Å². The Kier molecular flexibility index (Phi) is 7.39. The normalized spacial score (nSPS) is 18.5. The van der Waals surface area contributed by atoms with Crippen LogP contribution in [0, 0.1) is 5.92 Å². The van der Waals surface area contributed by atoms with Crippen LogP contribution in [0.25, 0.3) is 0 Å². The van der Waals surface area contributed by atoms with Gasteiger partial charge in [-0.1, -0.05) is 36.8 Å². The zero-order valence-corrected chi connectivity index (χ0v) is 16.3. The summed E-state index contributed by atoms with van der Waals surface area (Å²) in [5.41, 5.74) is 0.180. The number of ether oxygens (including phenoxy) is 2. The van der Waals surface area contributed by atoms with Crippen LogP contribution in [0.15, 0.2) is 30.3 Å². The van der Waals surface area contributed by atoms with Gasteiger partial charge in [-0.05, 0) is 45.6 Å². The Morgan fingerprint density at radius 3 is 2.52 bits per heavy atom. The lowest BCUT2D eigenvalue weighted by Crippen LogP contribution is -2.46. The van der Waals surface area contributed by atoms with E-state index in [1.807, 2.05) is 30.3 Å². The smallest absolute Gasteiger partial charge is 0.408 e. The lowest BCUT2D eigenvalue weighted by atomic mass is 9.83. The molecule has 0 spiro atoms. The Hall–Kier alpha value is -2.37. The van der Waals surface area contributed by atoms with Crippen LogP contribution in [-0.4, -0.2) is 29.5 Å². The molecule has 6 heteroatoms. The van der Waals surface area contributed by atoms with E-state index >= 15 is 0 Å². The fourth-order valence-corrected chi connectivity index (χ4v) is 3.08. The van der Waals surface area contributed by atoms with E-state index in [9.17, 15) is 14.4 Å². The summed E-state index contributed by atoms with van der Waals surface area (Å²) in [4.78, 5) is 36.9. The van der Waals surface area contributed by atoms with Gasteiger partial charge in [0.05, 0.1) is 0 Å². The van der Waals surface area contributed by atoms with Gasteiger partial charge >= 0.3 is 12.1 Å². The Labute approximate surface area is 160 Å². The van der Waals surface area contributed by atoms with Crippen molar-refractivity contribution in [2.24, 2.45) is 5.92 Å². The minimum Gasteiger partial charge on any atom is -0.459 e. The molecule has 1 N–H and O–H groups in total. The zero-order chi connectivity index (χ0) is 19.9. The number of Topliss-reactive ketones (excluding diaryl/α,β-unsaturated/α-hetero) is 1. The van der Waals surface area contributed by atoms with Crippen LogP contribution < -0.4 is 5.32 Å². The predicted molar refractivity (Wildman–Crippen MR) is 101 cm³/mol. The standard InChI is InChI=1S/C21H29NO5/c1-21(2,3)27-20(25)22-17(13-16-11-7-8-12-18(16)23)19(24)26-14-15-9-5-4-6-10-15/h4-6,9-10,16-17H,7-8,11-14H2,1-3H3,(H,22,25). The molecule has 1 aromatic rings. The predicted octanol–water partition coefficient (Wildman–Crippen LogP) is 3.77. The third kappa shape index (κ3) is 7.41. The molecule has 2 atom stereocenters. The second kappa shape index (κ2) is 9.53. The Morgan fingerprint density at radius 1 is 1.19 bits per heavy atom. The summed E-state index contributed by atoms with van der Waals surface area (Å²) in [6.07, 6.45) is 2.66. The highest BCUT2D eigenvalue weighted by atomic mass is 16.6. The van der Waals surface area contributed by atoms with Gasteiger partial charge in [0.15, 0.2) is 0 Å². The molecular weight excluding hydrogens is 346 g/mol. The van der Waals surface area contributed by atoms with Gasteiger partial charge in [0.2, 0.25) is 0 Å². The average Bonchev–Trinajstić information content (AvgIpc) is 2.60. The molecule has 148 valence electrons. The first-order valence-corrected chi connectivity index (χ1v) is 9.47. The van der Waals surface area contributed by atoms with E-state index in [1.165, 1.54) is 0 Å². The number of carbonyl (C=O) groups is 3. The van der Waals surface area contributed by atoms with Gasteiger partial charge in [-0.2, -0.15) is 0 Å².